The number of hydrogen-bond donors (Lipinski definition) is 2. The van der Waals surface area contributed by atoms with Crippen molar-refractivity contribution in [3.63, 3.8) is 0 Å². The SMILES string of the molecule is CC[C@@H](CO)NCc1ccc(OC(F)F)cc1OC(F)F. The van der Waals surface area contributed by atoms with Gasteiger partial charge >= 0.3 is 13.2 Å². The Labute approximate surface area is 119 Å². The van der Waals surface area contributed by atoms with Crippen molar-refractivity contribution in [2.75, 3.05) is 6.61 Å². The van der Waals surface area contributed by atoms with E-state index in [0.717, 1.165) is 6.07 Å². The van der Waals surface area contributed by atoms with Crippen LogP contribution < -0.4 is 14.8 Å². The zero-order chi connectivity index (χ0) is 15.8. The van der Waals surface area contributed by atoms with Crippen LogP contribution in [0.2, 0.25) is 0 Å². The summed E-state index contributed by atoms with van der Waals surface area (Å²) in [6.45, 7) is -4.23. The second kappa shape index (κ2) is 8.68. The van der Waals surface area contributed by atoms with E-state index in [9.17, 15) is 17.6 Å². The van der Waals surface area contributed by atoms with Gasteiger partial charge in [-0.05, 0) is 12.5 Å². The summed E-state index contributed by atoms with van der Waals surface area (Å²) in [6.07, 6.45) is 0.647. The highest BCUT2D eigenvalue weighted by Gasteiger charge is 2.14. The monoisotopic (exact) mass is 311 g/mol. The largest absolute Gasteiger partial charge is 0.435 e. The first-order chi connectivity index (χ1) is 9.96. The van der Waals surface area contributed by atoms with Crippen molar-refractivity contribution in [2.45, 2.75) is 39.2 Å². The van der Waals surface area contributed by atoms with Gasteiger partial charge in [-0.25, -0.2) is 0 Å². The zero-order valence-electron chi connectivity index (χ0n) is 11.4. The van der Waals surface area contributed by atoms with Crippen LogP contribution in [0.3, 0.4) is 0 Å². The zero-order valence-corrected chi connectivity index (χ0v) is 11.4. The van der Waals surface area contributed by atoms with Gasteiger partial charge in [-0.15, -0.1) is 0 Å². The summed E-state index contributed by atoms with van der Waals surface area (Å²) in [7, 11) is 0. The Morgan fingerprint density at radius 1 is 1.14 bits per heavy atom. The van der Waals surface area contributed by atoms with E-state index in [-0.39, 0.29) is 30.7 Å². The van der Waals surface area contributed by atoms with Gasteiger partial charge in [0.05, 0.1) is 6.61 Å². The molecule has 1 atom stereocenters. The van der Waals surface area contributed by atoms with E-state index in [1.807, 2.05) is 6.92 Å². The van der Waals surface area contributed by atoms with E-state index < -0.39 is 13.2 Å². The fraction of sp³-hybridized carbons (Fsp3) is 0.538. The summed E-state index contributed by atoms with van der Waals surface area (Å²) in [5.74, 6) is -0.512. The van der Waals surface area contributed by atoms with Gasteiger partial charge in [0.1, 0.15) is 11.5 Å². The van der Waals surface area contributed by atoms with Crippen LogP contribution in [0.4, 0.5) is 17.6 Å². The first kappa shape index (κ1) is 17.5. The molecular formula is C13H17F4NO3. The Balaban J connectivity index is 2.85. The summed E-state index contributed by atoms with van der Waals surface area (Å²) >= 11 is 0. The molecule has 2 N–H and O–H groups in total. The molecule has 1 aromatic rings. The van der Waals surface area contributed by atoms with Crippen LogP contribution >= 0.6 is 0 Å². The number of aliphatic hydroxyl groups excluding tert-OH is 1. The highest BCUT2D eigenvalue weighted by atomic mass is 19.3. The summed E-state index contributed by atoms with van der Waals surface area (Å²) in [4.78, 5) is 0. The van der Waals surface area contributed by atoms with Crippen LogP contribution in [0.15, 0.2) is 18.2 Å². The molecule has 0 spiro atoms. The van der Waals surface area contributed by atoms with Gasteiger partial charge < -0.3 is 19.9 Å². The van der Waals surface area contributed by atoms with Gasteiger partial charge in [-0.3, -0.25) is 0 Å². The maximum absolute atomic E-state index is 12.4. The predicted octanol–water partition coefficient (Wildman–Crippen LogP) is 2.75. The molecule has 1 rings (SSSR count). The van der Waals surface area contributed by atoms with Crippen LogP contribution in [0, 0.1) is 0 Å². The second-order valence-corrected chi connectivity index (χ2v) is 4.20. The first-order valence-corrected chi connectivity index (χ1v) is 6.33. The third-order valence-electron chi connectivity index (χ3n) is 2.77. The Kier molecular flexibility index (Phi) is 7.24. The van der Waals surface area contributed by atoms with Crippen LogP contribution in [-0.2, 0) is 6.54 Å². The van der Waals surface area contributed by atoms with Crippen molar-refractivity contribution in [1.82, 2.24) is 5.32 Å². The molecule has 120 valence electrons. The summed E-state index contributed by atoms with van der Waals surface area (Å²) < 4.78 is 57.4. The number of benzene rings is 1. The maximum Gasteiger partial charge on any atom is 0.387 e. The molecule has 0 heterocycles. The average molecular weight is 311 g/mol. The third kappa shape index (κ3) is 6.17. The van der Waals surface area contributed by atoms with Crippen LogP contribution in [0.5, 0.6) is 11.5 Å². The topological polar surface area (TPSA) is 50.7 Å². The molecule has 0 aliphatic rings. The van der Waals surface area contributed by atoms with Gasteiger partial charge in [-0.1, -0.05) is 13.0 Å². The number of rotatable bonds is 9. The molecule has 0 saturated heterocycles. The van der Waals surface area contributed by atoms with Crippen molar-refractivity contribution >= 4 is 0 Å². The van der Waals surface area contributed by atoms with Crippen LogP contribution in [0.1, 0.15) is 18.9 Å². The molecule has 0 fully saturated rings. The minimum Gasteiger partial charge on any atom is -0.435 e. The molecule has 0 unspecified atom stereocenters. The molecule has 0 radical (unpaired) electrons. The molecular weight excluding hydrogens is 294 g/mol. The highest BCUT2D eigenvalue weighted by molar-refractivity contribution is 5.40. The van der Waals surface area contributed by atoms with Crippen molar-refractivity contribution in [2.24, 2.45) is 0 Å². The lowest BCUT2D eigenvalue weighted by Crippen LogP contribution is -2.31. The van der Waals surface area contributed by atoms with Gasteiger partial charge in [0.2, 0.25) is 0 Å². The molecule has 0 aromatic heterocycles. The average Bonchev–Trinajstić information content (AvgIpc) is 2.40. The van der Waals surface area contributed by atoms with Gasteiger partial charge in [-0.2, -0.15) is 17.6 Å². The Morgan fingerprint density at radius 3 is 2.33 bits per heavy atom. The first-order valence-electron chi connectivity index (χ1n) is 6.33. The van der Waals surface area contributed by atoms with E-state index in [0.29, 0.717) is 12.0 Å². The maximum atomic E-state index is 12.4. The Morgan fingerprint density at radius 2 is 1.81 bits per heavy atom. The van der Waals surface area contributed by atoms with E-state index in [1.165, 1.54) is 12.1 Å². The molecule has 8 heteroatoms. The third-order valence-corrected chi connectivity index (χ3v) is 2.77. The van der Waals surface area contributed by atoms with Crippen molar-refractivity contribution < 1.29 is 32.1 Å². The standard InChI is InChI=1S/C13H17F4NO3/c1-2-9(7-19)18-6-8-3-4-10(20-12(14)15)5-11(8)21-13(16)17/h3-5,9,12-13,18-19H,2,6-7H2,1H3/t9-/m0/s1. The number of halogens is 4. The Hall–Kier alpha value is -1.54. The van der Waals surface area contributed by atoms with E-state index in [1.54, 1.807) is 0 Å². The van der Waals surface area contributed by atoms with E-state index >= 15 is 0 Å². The highest BCUT2D eigenvalue weighted by Crippen LogP contribution is 2.27. The number of ether oxygens (including phenoxy) is 2. The van der Waals surface area contributed by atoms with Crippen LogP contribution in [-0.4, -0.2) is 31.0 Å². The summed E-state index contributed by atoms with van der Waals surface area (Å²) in [5, 5.41) is 12.0. The molecule has 1 aromatic carbocycles. The second-order valence-electron chi connectivity index (χ2n) is 4.20. The molecule has 0 bridgehead atoms. The molecule has 0 amide bonds. The molecule has 0 aliphatic carbocycles. The fourth-order valence-electron chi connectivity index (χ4n) is 1.66. The predicted molar refractivity (Wildman–Crippen MR) is 67.7 cm³/mol. The summed E-state index contributed by atoms with van der Waals surface area (Å²) in [5.41, 5.74) is 0.351. The Bertz CT molecular complexity index is 428. The molecule has 4 nitrogen and oxygen atoms in total. The summed E-state index contributed by atoms with van der Waals surface area (Å²) in [6, 6.07) is 3.38. The lowest BCUT2D eigenvalue weighted by Gasteiger charge is -2.17. The molecule has 21 heavy (non-hydrogen) atoms. The lowest BCUT2D eigenvalue weighted by atomic mass is 10.1. The number of aliphatic hydroxyl groups is 1. The van der Waals surface area contributed by atoms with Crippen molar-refractivity contribution in [3.05, 3.63) is 23.8 Å². The van der Waals surface area contributed by atoms with Crippen molar-refractivity contribution in [3.8, 4) is 11.5 Å². The number of nitrogens with one attached hydrogen (secondary N) is 1. The lowest BCUT2D eigenvalue weighted by molar-refractivity contribution is -0.0547. The smallest absolute Gasteiger partial charge is 0.387 e. The van der Waals surface area contributed by atoms with Gasteiger partial charge in [0.25, 0.3) is 0 Å². The molecule has 0 saturated carbocycles. The normalized spacial score (nSPS) is 12.8. The molecule has 0 aliphatic heterocycles. The minimum atomic E-state index is -3.08. The van der Waals surface area contributed by atoms with Gasteiger partial charge in [0.15, 0.2) is 0 Å². The minimum absolute atomic E-state index is 0.103. The number of alkyl halides is 4. The van der Waals surface area contributed by atoms with E-state index in [2.05, 4.69) is 14.8 Å². The van der Waals surface area contributed by atoms with E-state index in [4.69, 9.17) is 5.11 Å². The fourth-order valence-corrected chi connectivity index (χ4v) is 1.66. The quantitative estimate of drug-likeness (QED) is 0.689. The number of hydrogen-bond acceptors (Lipinski definition) is 4. The van der Waals surface area contributed by atoms with Gasteiger partial charge in [0, 0.05) is 24.2 Å². The van der Waals surface area contributed by atoms with Crippen LogP contribution in [0.25, 0.3) is 0 Å². The van der Waals surface area contributed by atoms with Crippen molar-refractivity contribution in [1.29, 1.82) is 0 Å².